The Bertz CT molecular complexity index is 317. The van der Waals surface area contributed by atoms with Crippen molar-refractivity contribution in [2.45, 2.75) is 0 Å². The summed E-state index contributed by atoms with van der Waals surface area (Å²) < 4.78 is 1.43. The summed E-state index contributed by atoms with van der Waals surface area (Å²) in [6.07, 6.45) is 2.75. The Labute approximate surface area is 68.3 Å². The van der Waals surface area contributed by atoms with E-state index in [9.17, 15) is 9.59 Å². The third-order valence-corrected chi connectivity index (χ3v) is 1.30. The molecular weight excluding hydrogens is 160 g/mol. The van der Waals surface area contributed by atoms with Crippen LogP contribution in [-0.2, 0) is 11.8 Å². The summed E-state index contributed by atoms with van der Waals surface area (Å²) in [5.41, 5.74) is 1.97. The van der Waals surface area contributed by atoms with Crippen molar-refractivity contribution < 1.29 is 9.59 Å². The van der Waals surface area contributed by atoms with Gasteiger partial charge in [-0.2, -0.15) is 5.10 Å². The van der Waals surface area contributed by atoms with E-state index in [4.69, 9.17) is 5.84 Å². The second-order valence-electron chi connectivity index (χ2n) is 2.21. The van der Waals surface area contributed by atoms with Crippen LogP contribution in [0.4, 0.5) is 0 Å². The summed E-state index contributed by atoms with van der Waals surface area (Å²) in [7, 11) is 1.65. The number of hydrogen-bond donors (Lipinski definition) is 2. The Hall–Kier alpha value is -1.69. The van der Waals surface area contributed by atoms with Gasteiger partial charge in [-0.3, -0.25) is 19.7 Å². The maximum absolute atomic E-state index is 11.0. The maximum Gasteiger partial charge on any atom is 0.306 e. The molecular formula is C6H8N4O2. The number of ketones is 1. The smallest absolute Gasteiger partial charge is 0.287 e. The zero-order valence-corrected chi connectivity index (χ0v) is 6.44. The van der Waals surface area contributed by atoms with Crippen molar-refractivity contribution in [2.75, 3.05) is 0 Å². The van der Waals surface area contributed by atoms with Gasteiger partial charge in [-0.25, -0.2) is 5.84 Å². The Balaban J connectivity index is 2.85. The molecule has 0 saturated carbocycles. The van der Waals surface area contributed by atoms with Gasteiger partial charge in [-0.05, 0) is 0 Å². The van der Waals surface area contributed by atoms with Crippen molar-refractivity contribution in [2.24, 2.45) is 12.9 Å². The number of hydrazine groups is 1. The molecule has 1 rings (SSSR count). The standard InChI is InChI=1S/C6H8N4O2/c1-10-3-4(2-8-10)5(11)6(12)9-7/h2-3H,7H2,1H3,(H,9,12). The molecule has 1 aromatic rings. The zero-order chi connectivity index (χ0) is 9.14. The number of aromatic nitrogens is 2. The number of rotatable bonds is 2. The molecule has 12 heavy (non-hydrogen) atoms. The number of Topliss-reactive ketones (excluding diaryl/α,β-unsaturated/α-hetero) is 1. The minimum absolute atomic E-state index is 0.223. The molecule has 6 nitrogen and oxygen atoms in total. The highest BCUT2D eigenvalue weighted by Gasteiger charge is 2.15. The molecule has 0 aliphatic heterocycles. The molecule has 0 radical (unpaired) electrons. The van der Waals surface area contributed by atoms with E-state index in [0.29, 0.717) is 0 Å². The topological polar surface area (TPSA) is 90.0 Å². The molecule has 0 atom stereocenters. The number of carbonyl (C=O) groups is 2. The number of nitrogens with zero attached hydrogens (tertiary/aromatic N) is 2. The van der Waals surface area contributed by atoms with Gasteiger partial charge < -0.3 is 0 Å². The van der Waals surface area contributed by atoms with Crippen molar-refractivity contribution >= 4 is 11.7 Å². The van der Waals surface area contributed by atoms with Gasteiger partial charge in [-0.1, -0.05) is 0 Å². The largest absolute Gasteiger partial charge is 0.306 e. The molecule has 1 amide bonds. The average molecular weight is 168 g/mol. The fourth-order valence-corrected chi connectivity index (χ4v) is 0.735. The summed E-state index contributed by atoms with van der Waals surface area (Å²) in [6, 6.07) is 0. The van der Waals surface area contributed by atoms with E-state index in [2.05, 4.69) is 5.10 Å². The number of amides is 1. The van der Waals surface area contributed by atoms with Gasteiger partial charge in [0.15, 0.2) is 0 Å². The molecule has 0 saturated heterocycles. The minimum Gasteiger partial charge on any atom is -0.287 e. The summed E-state index contributed by atoms with van der Waals surface area (Å²) in [5.74, 6) is 3.24. The SMILES string of the molecule is Cn1cc(C(=O)C(=O)NN)cn1. The first-order valence-electron chi connectivity index (χ1n) is 3.19. The molecule has 0 spiro atoms. The van der Waals surface area contributed by atoms with Crippen molar-refractivity contribution in [3.05, 3.63) is 18.0 Å². The maximum atomic E-state index is 11.0. The molecule has 6 heteroatoms. The van der Waals surface area contributed by atoms with Crippen molar-refractivity contribution in [1.82, 2.24) is 15.2 Å². The summed E-state index contributed by atoms with van der Waals surface area (Å²) in [5, 5.41) is 3.73. The van der Waals surface area contributed by atoms with Crippen LogP contribution in [0.1, 0.15) is 10.4 Å². The molecule has 0 aliphatic carbocycles. The van der Waals surface area contributed by atoms with Gasteiger partial charge in [0.2, 0.25) is 0 Å². The predicted octanol–water partition coefficient (Wildman–Crippen LogP) is -1.41. The van der Waals surface area contributed by atoms with Crippen molar-refractivity contribution in [3.63, 3.8) is 0 Å². The number of aryl methyl sites for hydroxylation is 1. The van der Waals surface area contributed by atoms with Gasteiger partial charge in [0.1, 0.15) is 0 Å². The van der Waals surface area contributed by atoms with E-state index in [-0.39, 0.29) is 5.56 Å². The van der Waals surface area contributed by atoms with Crippen LogP contribution in [0.5, 0.6) is 0 Å². The number of nitrogens with one attached hydrogen (secondary N) is 1. The van der Waals surface area contributed by atoms with Gasteiger partial charge in [0, 0.05) is 13.2 Å². The molecule has 0 aromatic carbocycles. The summed E-state index contributed by atoms with van der Waals surface area (Å²) >= 11 is 0. The lowest BCUT2D eigenvalue weighted by Crippen LogP contribution is -2.36. The Morgan fingerprint density at radius 3 is 2.75 bits per heavy atom. The van der Waals surface area contributed by atoms with E-state index < -0.39 is 11.7 Å². The van der Waals surface area contributed by atoms with Gasteiger partial charge in [-0.15, -0.1) is 0 Å². The molecule has 0 unspecified atom stereocenters. The molecule has 1 aromatic heterocycles. The predicted molar refractivity (Wildman–Crippen MR) is 39.9 cm³/mol. The quantitative estimate of drug-likeness (QED) is 0.187. The lowest BCUT2D eigenvalue weighted by molar-refractivity contribution is -0.117. The van der Waals surface area contributed by atoms with Gasteiger partial charge >= 0.3 is 5.91 Å². The van der Waals surface area contributed by atoms with Crippen LogP contribution in [0, 0.1) is 0 Å². The van der Waals surface area contributed by atoms with E-state index in [1.165, 1.54) is 17.1 Å². The van der Waals surface area contributed by atoms with Crippen LogP contribution < -0.4 is 11.3 Å². The number of nitrogens with two attached hydrogens (primary N) is 1. The molecule has 0 bridgehead atoms. The first-order valence-corrected chi connectivity index (χ1v) is 3.19. The monoisotopic (exact) mass is 168 g/mol. The zero-order valence-electron chi connectivity index (χ0n) is 6.44. The molecule has 0 fully saturated rings. The summed E-state index contributed by atoms with van der Waals surface area (Å²) in [6.45, 7) is 0. The minimum atomic E-state index is -0.844. The van der Waals surface area contributed by atoms with Gasteiger partial charge in [0.25, 0.3) is 5.78 Å². The second-order valence-corrected chi connectivity index (χ2v) is 2.21. The van der Waals surface area contributed by atoms with Crippen LogP contribution in [0.2, 0.25) is 0 Å². The van der Waals surface area contributed by atoms with Crippen LogP contribution in [0.15, 0.2) is 12.4 Å². The number of carbonyl (C=O) groups excluding carboxylic acids is 2. The van der Waals surface area contributed by atoms with E-state index in [1.54, 1.807) is 12.5 Å². The van der Waals surface area contributed by atoms with Crippen LogP contribution >= 0.6 is 0 Å². The molecule has 1 heterocycles. The fourth-order valence-electron chi connectivity index (χ4n) is 0.735. The van der Waals surface area contributed by atoms with Crippen LogP contribution in [0.25, 0.3) is 0 Å². The third kappa shape index (κ3) is 1.48. The second kappa shape index (κ2) is 3.14. The van der Waals surface area contributed by atoms with Crippen molar-refractivity contribution in [1.29, 1.82) is 0 Å². The van der Waals surface area contributed by atoms with E-state index in [0.717, 1.165) is 0 Å². The number of hydrogen-bond acceptors (Lipinski definition) is 4. The van der Waals surface area contributed by atoms with Gasteiger partial charge in [0.05, 0.1) is 11.8 Å². The average Bonchev–Trinajstić information content (AvgIpc) is 2.49. The Morgan fingerprint density at radius 1 is 1.67 bits per heavy atom. The molecule has 0 aliphatic rings. The Kier molecular flexibility index (Phi) is 2.20. The lowest BCUT2D eigenvalue weighted by atomic mass is 10.2. The lowest BCUT2D eigenvalue weighted by Gasteiger charge is -1.93. The van der Waals surface area contributed by atoms with Crippen LogP contribution in [-0.4, -0.2) is 21.5 Å². The fraction of sp³-hybridized carbons (Fsp3) is 0.167. The highest BCUT2D eigenvalue weighted by molar-refractivity contribution is 6.42. The highest BCUT2D eigenvalue weighted by Crippen LogP contribution is 1.96. The van der Waals surface area contributed by atoms with Crippen molar-refractivity contribution in [3.8, 4) is 0 Å². The summed E-state index contributed by atoms with van der Waals surface area (Å²) in [4.78, 5) is 21.7. The molecule has 64 valence electrons. The third-order valence-electron chi connectivity index (χ3n) is 1.30. The van der Waals surface area contributed by atoms with Crippen LogP contribution in [0.3, 0.4) is 0 Å². The normalized spacial score (nSPS) is 9.50. The molecule has 3 N–H and O–H groups in total. The first-order chi connectivity index (χ1) is 5.65. The van der Waals surface area contributed by atoms with E-state index >= 15 is 0 Å². The van der Waals surface area contributed by atoms with E-state index in [1.807, 2.05) is 0 Å². The Morgan fingerprint density at radius 2 is 2.33 bits per heavy atom. The highest BCUT2D eigenvalue weighted by atomic mass is 16.2. The first kappa shape index (κ1) is 8.41.